The lowest BCUT2D eigenvalue weighted by Crippen LogP contribution is -2.41. The van der Waals surface area contributed by atoms with Crippen molar-refractivity contribution in [2.45, 2.75) is 25.0 Å². The summed E-state index contributed by atoms with van der Waals surface area (Å²) in [4.78, 5) is 12.4. The van der Waals surface area contributed by atoms with Gasteiger partial charge in [0.25, 0.3) is 5.91 Å². The minimum absolute atomic E-state index is 0.0124. The van der Waals surface area contributed by atoms with Gasteiger partial charge < -0.3 is 15.2 Å². The molecule has 3 rings (SSSR count). The second kappa shape index (κ2) is 6.78. The highest BCUT2D eigenvalue weighted by Crippen LogP contribution is 2.39. The lowest BCUT2D eigenvalue weighted by atomic mass is 9.75. The Hall–Kier alpha value is -2.12. The Labute approximate surface area is 143 Å². The van der Waals surface area contributed by atoms with Gasteiger partial charge in [0.2, 0.25) is 0 Å². The number of nitrogens with zero attached hydrogens (tertiary/aromatic N) is 1. The molecule has 1 aliphatic carbocycles. The third kappa shape index (κ3) is 3.22. The molecular weight excluding hydrogens is 337 g/mol. The molecule has 0 radical (unpaired) electrons. The molecule has 0 bridgehead atoms. The van der Waals surface area contributed by atoms with E-state index in [0.29, 0.717) is 18.4 Å². The van der Waals surface area contributed by atoms with Gasteiger partial charge in [-0.15, -0.1) is 0 Å². The van der Waals surface area contributed by atoms with Crippen LogP contribution >= 0.6 is 11.6 Å². The molecule has 2 aromatic rings. The first-order valence-electron chi connectivity index (χ1n) is 7.50. The van der Waals surface area contributed by atoms with Crippen LogP contribution in [0.3, 0.4) is 0 Å². The number of ether oxygens (including phenoxy) is 1. The van der Waals surface area contributed by atoms with Crippen molar-refractivity contribution in [3.8, 4) is 5.75 Å². The molecule has 0 unspecified atom stereocenters. The van der Waals surface area contributed by atoms with Crippen LogP contribution in [0.2, 0.25) is 5.02 Å². The molecule has 1 aromatic carbocycles. The van der Waals surface area contributed by atoms with Crippen LogP contribution in [-0.2, 0) is 0 Å². The lowest BCUT2D eigenvalue weighted by Gasteiger charge is -2.38. The van der Waals surface area contributed by atoms with E-state index >= 15 is 0 Å². The molecule has 8 heteroatoms. The topological polar surface area (TPSA) is 87.2 Å². The highest BCUT2D eigenvalue weighted by molar-refractivity contribution is 6.33. The number of aromatic amines is 1. The summed E-state index contributed by atoms with van der Waals surface area (Å²) in [5.41, 5.74) is 0.754. The summed E-state index contributed by atoms with van der Waals surface area (Å²) in [7, 11) is 1.39. The maximum absolute atomic E-state index is 14.0. The van der Waals surface area contributed by atoms with Crippen molar-refractivity contribution in [2.75, 3.05) is 7.11 Å². The van der Waals surface area contributed by atoms with Crippen LogP contribution in [0.5, 0.6) is 5.75 Å². The number of H-pyrrole nitrogens is 1. The molecule has 3 N–H and O–H groups in total. The average molecular weight is 354 g/mol. The van der Waals surface area contributed by atoms with Crippen molar-refractivity contribution >= 4 is 17.5 Å². The molecule has 128 valence electrons. The number of hydrogen-bond donors (Lipinski definition) is 3. The lowest BCUT2D eigenvalue weighted by molar-refractivity contribution is 0.0234. The van der Waals surface area contributed by atoms with Crippen LogP contribution in [-0.4, -0.2) is 34.4 Å². The first-order chi connectivity index (χ1) is 11.5. The van der Waals surface area contributed by atoms with E-state index in [1.165, 1.54) is 25.4 Å². The van der Waals surface area contributed by atoms with Crippen molar-refractivity contribution in [1.29, 1.82) is 0 Å². The Bertz CT molecular complexity index is 746. The number of rotatable bonds is 5. The van der Waals surface area contributed by atoms with Crippen molar-refractivity contribution in [1.82, 2.24) is 15.5 Å². The fourth-order valence-electron chi connectivity index (χ4n) is 2.90. The number of carbonyl (C=O) groups excluding carboxylic acids is 1. The SMILES string of the molecule is COc1ccc([C@H](NC(=O)c2[nH]ncc2Cl)C2CC(O)C2)cc1F. The summed E-state index contributed by atoms with van der Waals surface area (Å²) in [6.07, 6.45) is 2.02. The number of benzene rings is 1. The van der Waals surface area contributed by atoms with Crippen LogP contribution in [0.15, 0.2) is 24.4 Å². The van der Waals surface area contributed by atoms with Gasteiger partial charge in [-0.25, -0.2) is 4.39 Å². The highest BCUT2D eigenvalue weighted by atomic mass is 35.5. The largest absolute Gasteiger partial charge is 0.494 e. The van der Waals surface area contributed by atoms with E-state index in [1.54, 1.807) is 6.07 Å². The minimum Gasteiger partial charge on any atom is -0.494 e. The third-order valence-electron chi connectivity index (χ3n) is 4.26. The van der Waals surface area contributed by atoms with Gasteiger partial charge >= 0.3 is 0 Å². The first kappa shape index (κ1) is 16.7. The monoisotopic (exact) mass is 353 g/mol. The standard InChI is InChI=1S/C16H17ClFN3O3/c1-24-13-3-2-8(6-12(13)18)14(9-4-10(22)5-9)20-16(23)15-11(17)7-19-21-15/h2-3,6-7,9-10,14,22H,4-5H2,1H3,(H,19,21)(H,20,23)/t9?,10?,14-/m0/s1. The average Bonchev–Trinajstić information content (AvgIpc) is 2.96. The number of hydrogen-bond acceptors (Lipinski definition) is 4. The Morgan fingerprint density at radius 3 is 2.83 bits per heavy atom. The molecule has 1 saturated carbocycles. The normalized spacial score (nSPS) is 21.0. The Balaban J connectivity index is 1.85. The molecular formula is C16H17ClFN3O3. The molecule has 0 aliphatic heterocycles. The molecule has 1 aliphatic rings. The van der Waals surface area contributed by atoms with Gasteiger partial charge in [-0.1, -0.05) is 17.7 Å². The summed E-state index contributed by atoms with van der Waals surface area (Å²) in [6.45, 7) is 0. The smallest absolute Gasteiger partial charge is 0.271 e. The molecule has 1 aromatic heterocycles. The number of methoxy groups -OCH3 is 1. The summed E-state index contributed by atoms with van der Waals surface area (Å²) in [6, 6.07) is 4.11. The number of aromatic nitrogens is 2. The van der Waals surface area contributed by atoms with Gasteiger partial charge in [-0.3, -0.25) is 9.89 Å². The van der Waals surface area contributed by atoms with Gasteiger partial charge in [-0.05, 0) is 36.5 Å². The van der Waals surface area contributed by atoms with E-state index in [0.717, 1.165) is 0 Å². The molecule has 1 heterocycles. The molecule has 6 nitrogen and oxygen atoms in total. The predicted molar refractivity (Wildman–Crippen MR) is 85.5 cm³/mol. The molecule has 1 atom stereocenters. The van der Waals surface area contributed by atoms with E-state index < -0.39 is 23.9 Å². The zero-order chi connectivity index (χ0) is 17.3. The van der Waals surface area contributed by atoms with Gasteiger partial charge in [0, 0.05) is 0 Å². The predicted octanol–water partition coefficient (Wildman–Crippen LogP) is 2.45. The third-order valence-corrected chi connectivity index (χ3v) is 4.55. The van der Waals surface area contributed by atoms with Crippen LogP contribution in [0.1, 0.15) is 34.9 Å². The number of aliphatic hydroxyl groups is 1. The molecule has 0 saturated heterocycles. The molecule has 24 heavy (non-hydrogen) atoms. The first-order valence-corrected chi connectivity index (χ1v) is 7.88. The van der Waals surface area contributed by atoms with Crippen LogP contribution in [0.25, 0.3) is 0 Å². The Kier molecular flexibility index (Phi) is 4.73. The minimum atomic E-state index is -0.506. The summed E-state index contributed by atoms with van der Waals surface area (Å²) < 4.78 is 18.9. The molecule has 0 spiro atoms. The van der Waals surface area contributed by atoms with E-state index in [1.807, 2.05) is 0 Å². The van der Waals surface area contributed by atoms with Gasteiger partial charge in [0.1, 0.15) is 5.69 Å². The van der Waals surface area contributed by atoms with Crippen molar-refractivity contribution < 1.29 is 19.0 Å². The Morgan fingerprint density at radius 2 is 2.29 bits per heavy atom. The van der Waals surface area contributed by atoms with Crippen molar-refractivity contribution in [3.05, 3.63) is 46.5 Å². The molecule has 1 fully saturated rings. The van der Waals surface area contributed by atoms with Crippen LogP contribution < -0.4 is 10.1 Å². The van der Waals surface area contributed by atoms with Crippen molar-refractivity contribution in [3.63, 3.8) is 0 Å². The van der Waals surface area contributed by atoms with Crippen LogP contribution in [0.4, 0.5) is 4.39 Å². The van der Waals surface area contributed by atoms with E-state index in [9.17, 15) is 14.3 Å². The van der Waals surface area contributed by atoms with Gasteiger partial charge in [-0.2, -0.15) is 5.10 Å². The molecule has 1 amide bonds. The second-order valence-electron chi connectivity index (χ2n) is 5.82. The second-order valence-corrected chi connectivity index (χ2v) is 6.23. The van der Waals surface area contributed by atoms with Crippen LogP contribution in [0, 0.1) is 11.7 Å². The summed E-state index contributed by atoms with van der Waals surface area (Å²) in [5.74, 6) is -0.790. The van der Waals surface area contributed by atoms with E-state index in [-0.39, 0.29) is 22.4 Å². The van der Waals surface area contributed by atoms with E-state index in [4.69, 9.17) is 16.3 Å². The highest BCUT2D eigenvalue weighted by Gasteiger charge is 2.36. The summed E-state index contributed by atoms with van der Waals surface area (Å²) >= 11 is 5.91. The maximum atomic E-state index is 14.0. The number of halogens is 2. The number of carbonyl (C=O) groups is 1. The number of amides is 1. The summed E-state index contributed by atoms with van der Waals surface area (Å²) in [5, 5.41) is 18.9. The zero-order valence-corrected chi connectivity index (χ0v) is 13.7. The number of aliphatic hydroxyl groups excluding tert-OH is 1. The fourth-order valence-corrected chi connectivity index (χ4v) is 3.07. The zero-order valence-electron chi connectivity index (χ0n) is 12.9. The van der Waals surface area contributed by atoms with Crippen molar-refractivity contribution in [2.24, 2.45) is 5.92 Å². The fraction of sp³-hybridized carbons (Fsp3) is 0.375. The van der Waals surface area contributed by atoms with E-state index in [2.05, 4.69) is 15.5 Å². The maximum Gasteiger partial charge on any atom is 0.271 e. The Morgan fingerprint density at radius 1 is 1.54 bits per heavy atom. The number of nitrogens with one attached hydrogen (secondary N) is 2. The quantitative estimate of drug-likeness (QED) is 0.770. The van der Waals surface area contributed by atoms with Gasteiger partial charge in [0.15, 0.2) is 11.6 Å². The van der Waals surface area contributed by atoms with Gasteiger partial charge in [0.05, 0.1) is 30.5 Å².